The number of rotatable bonds is 3. The lowest BCUT2D eigenvalue weighted by molar-refractivity contribution is -0.469. The van der Waals surface area contributed by atoms with Crippen molar-refractivity contribution in [3.63, 3.8) is 0 Å². The molecular formula is C8H6BrNO4. The van der Waals surface area contributed by atoms with Gasteiger partial charge in [-0.2, -0.15) is 0 Å². The largest absolute Gasteiger partial charge is 0.420 e. The van der Waals surface area contributed by atoms with Gasteiger partial charge in [-0.05, 0) is 28.1 Å². The number of hydrogen-bond acceptors (Lipinski definition) is 4. The molecule has 0 heterocycles. The van der Waals surface area contributed by atoms with Crippen LogP contribution in [0.3, 0.4) is 0 Å². The van der Waals surface area contributed by atoms with E-state index >= 15 is 0 Å². The minimum atomic E-state index is -0.887. The minimum absolute atomic E-state index is 0.277. The van der Waals surface area contributed by atoms with Crippen molar-refractivity contribution < 1.29 is 14.5 Å². The molecule has 0 amide bonds. The van der Waals surface area contributed by atoms with E-state index in [0.717, 1.165) is 0 Å². The molecule has 0 N–H and O–H groups in total. The van der Waals surface area contributed by atoms with E-state index in [-0.39, 0.29) is 5.75 Å². The summed E-state index contributed by atoms with van der Waals surface area (Å²) in [7, 11) is 0. The molecule has 0 aromatic heterocycles. The molecule has 0 aliphatic rings. The summed E-state index contributed by atoms with van der Waals surface area (Å²) in [6, 6.07) is 6.63. The number of hydrogen-bond donors (Lipinski definition) is 0. The van der Waals surface area contributed by atoms with Crippen LogP contribution in [0.5, 0.6) is 5.75 Å². The predicted octanol–water partition coefficient (Wildman–Crippen LogP) is 1.63. The van der Waals surface area contributed by atoms with E-state index in [2.05, 4.69) is 15.9 Å². The molecule has 0 aliphatic heterocycles. The number of nitro groups is 1. The van der Waals surface area contributed by atoms with Gasteiger partial charge in [0.1, 0.15) is 5.75 Å². The van der Waals surface area contributed by atoms with E-state index < -0.39 is 17.4 Å². The lowest BCUT2D eigenvalue weighted by atomic mass is 10.3. The van der Waals surface area contributed by atoms with Crippen molar-refractivity contribution in [1.29, 1.82) is 0 Å². The summed E-state index contributed by atoms with van der Waals surface area (Å²) in [5.74, 6) is -0.610. The smallest absolute Gasteiger partial charge is 0.383 e. The third-order valence-electron chi connectivity index (χ3n) is 1.32. The minimum Gasteiger partial charge on any atom is -0.420 e. The molecule has 0 fully saturated rings. The number of halogens is 1. The van der Waals surface area contributed by atoms with Crippen LogP contribution >= 0.6 is 15.9 Å². The maximum absolute atomic E-state index is 10.9. The number of ether oxygens (including phenoxy) is 1. The van der Waals surface area contributed by atoms with E-state index in [4.69, 9.17) is 4.74 Å². The molecule has 6 heteroatoms. The van der Waals surface area contributed by atoms with Gasteiger partial charge in [-0.25, -0.2) is 4.79 Å². The number of nitrogens with zero attached hydrogens (tertiary/aromatic N) is 1. The van der Waals surface area contributed by atoms with E-state index in [1.165, 1.54) is 0 Å². The third kappa shape index (κ3) is 3.14. The third-order valence-corrected chi connectivity index (χ3v) is 1.97. The van der Waals surface area contributed by atoms with Gasteiger partial charge in [0.2, 0.25) is 0 Å². The van der Waals surface area contributed by atoms with Crippen LogP contribution in [-0.4, -0.2) is 17.4 Å². The zero-order valence-corrected chi connectivity index (χ0v) is 8.56. The van der Waals surface area contributed by atoms with E-state index in [0.29, 0.717) is 4.47 Å². The van der Waals surface area contributed by atoms with Gasteiger partial charge in [0.05, 0.1) is 4.47 Å². The van der Waals surface area contributed by atoms with Crippen LogP contribution in [0.2, 0.25) is 0 Å². The van der Waals surface area contributed by atoms with Crippen LogP contribution < -0.4 is 4.74 Å². The molecule has 0 unspecified atom stereocenters. The van der Waals surface area contributed by atoms with Crippen LogP contribution in [0.25, 0.3) is 0 Å². The molecule has 1 aromatic carbocycles. The molecule has 74 valence electrons. The lowest BCUT2D eigenvalue weighted by Gasteiger charge is -2.02. The molecule has 1 aromatic rings. The Morgan fingerprint density at radius 1 is 1.50 bits per heavy atom. The second-order valence-corrected chi connectivity index (χ2v) is 3.25. The quantitative estimate of drug-likeness (QED) is 0.358. The van der Waals surface area contributed by atoms with Crippen LogP contribution in [0.15, 0.2) is 28.7 Å². The summed E-state index contributed by atoms with van der Waals surface area (Å²) in [5, 5.41) is 9.98. The fraction of sp³-hybridized carbons (Fsp3) is 0.125. The van der Waals surface area contributed by atoms with Crippen molar-refractivity contribution in [2.75, 3.05) is 6.54 Å². The van der Waals surface area contributed by atoms with Crippen LogP contribution in [0, 0.1) is 10.1 Å². The Morgan fingerprint density at radius 3 is 2.71 bits per heavy atom. The molecule has 0 bridgehead atoms. The SMILES string of the molecule is O=C(C[N+](=O)[O-])Oc1ccccc1Br. The van der Waals surface area contributed by atoms with Crippen LogP contribution in [0.1, 0.15) is 0 Å². The van der Waals surface area contributed by atoms with E-state index in [1.54, 1.807) is 24.3 Å². The first-order chi connectivity index (χ1) is 6.59. The Morgan fingerprint density at radius 2 is 2.14 bits per heavy atom. The summed E-state index contributed by atoms with van der Waals surface area (Å²) >= 11 is 3.14. The highest BCUT2D eigenvalue weighted by Gasteiger charge is 2.13. The maximum Gasteiger partial charge on any atom is 0.383 e. The number of para-hydroxylation sites is 1. The predicted molar refractivity (Wildman–Crippen MR) is 51.6 cm³/mol. The Hall–Kier alpha value is -1.43. The highest BCUT2D eigenvalue weighted by Crippen LogP contribution is 2.23. The molecule has 0 radical (unpaired) electrons. The topological polar surface area (TPSA) is 69.4 Å². The van der Waals surface area contributed by atoms with E-state index in [9.17, 15) is 14.9 Å². The highest BCUT2D eigenvalue weighted by atomic mass is 79.9. The van der Waals surface area contributed by atoms with Crippen LogP contribution in [0.4, 0.5) is 0 Å². The van der Waals surface area contributed by atoms with Crippen molar-refractivity contribution >= 4 is 21.9 Å². The molecule has 0 saturated carbocycles. The molecule has 5 nitrogen and oxygen atoms in total. The Balaban J connectivity index is 2.65. The molecule has 14 heavy (non-hydrogen) atoms. The first-order valence-electron chi connectivity index (χ1n) is 3.66. The first kappa shape index (κ1) is 10.6. The second-order valence-electron chi connectivity index (χ2n) is 2.40. The average Bonchev–Trinajstić information content (AvgIpc) is 2.07. The van der Waals surface area contributed by atoms with Crippen LogP contribution in [-0.2, 0) is 4.79 Å². The number of carbonyl (C=O) groups is 1. The van der Waals surface area contributed by atoms with Gasteiger partial charge in [-0.15, -0.1) is 0 Å². The summed E-state index contributed by atoms with van der Waals surface area (Å²) in [6.45, 7) is -0.832. The molecule has 1 rings (SSSR count). The number of carbonyl (C=O) groups excluding carboxylic acids is 1. The van der Waals surface area contributed by atoms with Gasteiger partial charge >= 0.3 is 5.97 Å². The normalized spacial score (nSPS) is 9.50. The van der Waals surface area contributed by atoms with E-state index in [1.807, 2.05) is 0 Å². The molecule has 0 atom stereocenters. The summed E-state index contributed by atoms with van der Waals surface area (Å²) in [6.07, 6.45) is 0. The van der Waals surface area contributed by atoms with Gasteiger partial charge in [-0.3, -0.25) is 10.1 Å². The lowest BCUT2D eigenvalue weighted by Crippen LogP contribution is -2.19. The first-order valence-corrected chi connectivity index (χ1v) is 4.46. The Labute approximate surface area is 88.0 Å². The molecule has 0 aliphatic carbocycles. The zero-order chi connectivity index (χ0) is 10.6. The van der Waals surface area contributed by atoms with Crippen molar-refractivity contribution in [3.8, 4) is 5.75 Å². The van der Waals surface area contributed by atoms with Gasteiger partial charge in [0, 0.05) is 4.92 Å². The summed E-state index contributed by atoms with van der Waals surface area (Å²) in [4.78, 5) is 20.1. The monoisotopic (exact) mass is 259 g/mol. The fourth-order valence-corrected chi connectivity index (χ4v) is 1.15. The summed E-state index contributed by atoms with van der Waals surface area (Å²) < 4.78 is 5.31. The van der Waals surface area contributed by atoms with Crippen molar-refractivity contribution in [3.05, 3.63) is 38.9 Å². The maximum atomic E-state index is 10.9. The molecular weight excluding hydrogens is 254 g/mol. The van der Waals surface area contributed by atoms with Gasteiger partial charge in [0.25, 0.3) is 6.54 Å². The molecule has 0 spiro atoms. The average molecular weight is 260 g/mol. The number of benzene rings is 1. The van der Waals surface area contributed by atoms with Crippen molar-refractivity contribution in [2.45, 2.75) is 0 Å². The Kier molecular flexibility index (Phi) is 3.58. The Bertz CT molecular complexity index is 366. The van der Waals surface area contributed by atoms with Gasteiger partial charge < -0.3 is 4.74 Å². The number of esters is 1. The van der Waals surface area contributed by atoms with Gasteiger partial charge in [-0.1, -0.05) is 12.1 Å². The van der Waals surface area contributed by atoms with Crippen molar-refractivity contribution in [1.82, 2.24) is 0 Å². The van der Waals surface area contributed by atoms with Crippen molar-refractivity contribution in [2.24, 2.45) is 0 Å². The fourth-order valence-electron chi connectivity index (χ4n) is 0.788. The standard InChI is InChI=1S/C8H6BrNO4/c9-6-3-1-2-4-7(6)14-8(11)5-10(12)13/h1-4H,5H2. The highest BCUT2D eigenvalue weighted by molar-refractivity contribution is 9.10. The van der Waals surface area contributed by atoms with Gasteiger partial charge in [0.15, 0.2) is 0 Å². The zero-order valence-electron chi connectivity index (χ0n) is 6.97. The summed E-state index contributed by atoms with van der Waals surface area (Å²) in [5.41, 5.74) is 0. The second kappa shape index (κ2) is 4.71. The molecule has 0 saturated heterocycles.